The third kappa shape index (κ3) is 3.02. The fourth-order valence-corrected chi connectivity index (χ4v) is 3.48. The molecule has 1 aromatic heterocycles. The van der Waals surface area contributed by atoms with E-state index in [9.17, 15) is 14.6 Å². The lowest BCUT2D eigenvalue weighted by Gasteiger charge is -2.20. The van der Waals surface area contributed by atoms with Gasteiger partial charge in [-0.1, -0.05) is 23.7 Å². The summed E-state index contributed by atoms with van der Waals surface area (Å²) < 4.78 is 22.0. The van der Waals surface area contributed by atoms with Crippen LogP contribution in [0, 0.1) is 0 Å². The molecule has 142 valence electrons. The molecular weight excluding hydrogens is 377 g/mol. The van der Waals surface area contributed by atoms with Crippen LogP contribution < -0.4 is 5.84 Å². The first-order valence-corrected chi connectivity index (χ1v) is 8.67. The van der Waals surface area contributed by atoms with Gasteiger partial charge in [-0.05, 0) is 17.7 Å². The van der Waals surface area contributed by atoms with Gasteiger partial charge < -0.3 is 20.8 Å². The number of nitrogens with two attached hydrogens (primary N) is 1. The fraction of sp³-hybridized carbons (Fsp3) is 0.353. The molecule has 0 aliphatic carbocycles. The van der Waals surface area contributed by atoms with Gasteiger partial charge in [-0.15, -0.1) is 0 Å². The summed E-state index contributed by atoms with van der Waals surface area (Å²) in [6, 6.07) is 6.13. The van der Waals surface area contributed by atoms with Crippen molar-refractivity contribution >= 4 is 23.7 Å². The normalized spacial score (nSPS) is 29.9. The Morgan fingerprint density at radius 1 is 1.30 bits per heavy atom. The molecule has 5 atom stereocenters. The number of alkyl halides is 1. The molecule has 0 radical (unpaired) electrons. The second-order valence-electron chi connectivity index (χ2n) is 6.34. The van der Waals surface area contributed by atoms with Crippen LogP contribution in [0.15, 0.2) is 40.6 Å². The first-order chi connectivity index (χ1) is 13.0. The molecule has 8 nitrogen and oxygen atoms in total. The van der Waals surface area contributed by atoms with Gasteiger partial charge in [0, 0.05) is 17.7 Å². The van der Waals surface area contributed by atoms with Crippen LogP contribution in [0.1, 0.15) is 29.2 Å². The highest BCUT2D eigenvalue weighted by Gasteiger charge is 2.49. The molecule has 3 heterocycles. The molecule has 0 amide bonds. The first kappa shape index (κ1) is 18.1. The second-order valence-corrected chi connectivity index (χ2v) is 6.78. The van der Waals surface area contributed by atoms with Gasteiger partial charge in [-0.3, -0.25) is 0 Å². The smallest absolute Gasteiger partial charge is 0.181 e. The number of hydrogen-bond acceptors (Lipinski definition) is 6. The zero-order valence-electron chi connectivity index (χ0n) is 14.0. The van der Waals surface area contributed by atoms with Crippen LogP contribution in [0.25, 0.3) is 0 Å². The summed E-state index contributed by atoms with van der Waals surface area (Å²) in [7, 11) is 0. The third-order valence-electron chi connectivity index (χ3n) is 4.75. The predicted octanol–water partition coefficient (Wildman–Crippen LogP) is 1.11. The maximum Gasteiger partial charge on any atom is 0.181 e. The molecule has 0 bridgehead atoms. The Morgan fingerprint density at radius 3 is 2.74 bits per heavy atom. The molecule has 27 heavy (non-hydrogen) atoms. The minimum atomic E-state index is -1.65. The maximum absolute atomic E-state index is 14.9. The van der Waals surface area contributed by atoms with Gasteiger partial charge in [0.2, 0.25) is 0 Å². The molecule has 2 aromatic rings. The minimum Gasteiger partial charge on any atom is -0.387 e. The third-order valence-corrected chi connectivity index (χ3v) is 5.01. The summed E-state index contributed by atoms with van der Waals surface area (Å²) in [6.07, 6.45) is -3.23. The topological polar surface area (TPSA) is 118 Å². The summed E-state index contributed by atoms with van der Waals surface area (Å²) in [5.41, 5.74) is 1.56. The van der Waals surface area contributed by atoms with Crippen molar-refractivity contribution in [2.24, 2.45) is 15.9 Å². The SMILES string of the molecule is N/N=C1/N=CCc2c1cnn2[C@@H]1O[C@H]([C@H](F)c2ccc(Cl)cc2)[C@@H](O)[C@H]1O. The van der Waals surface area contributed by atoms with Gasteiger partial charge in [0.15, 0.2) is 18.2 Å². The van der Waals surface area contributed by atoms with E-state index in [-0.39, 0.29) is 0 Å². The van der Waals surface area contributed by atoms with Crippen molar-refractivity contribution in [1.29, 1.82) is 0 Å². The molecule has 10 heteroatoms. The van der Waals surface area contributed by atoms with E-state index in [1.165, 1.54) is 23.0 Å². The molecule has 4 N–H and O–H groups in total. The minimum absolute atomic E-state index is 0.295. The molecule has 1 saturated heterocycles. The highest BCUT2D eigenvalue weighted by Crippen LogP contribution is 2.38. The average Bonchev–Trinajstić information content (AvgIpc) is 3.23. The molecule has 2 aliphatic rings. The predicted molar refractivity (Wildman–Crippen MR) is 96.4 cm³/mol. The van der Waals surface area contributed by atoms with Gasteiger partial charge in [0.1, 0.15) is 18.3 Å². The average molecular weight is 394 g/mol. The lowest BCUT2D eigenvalue weighted by molar-refractivity contribution is -0.0702. The number of hydrogen-bond donors (Lipinski definition) is 3. The van der Waals surface area contributed by atoms with Crippen LogP contribution >= 0.6 is 11.6 Å². The van der Waals surface area contributed by atoms with E-state index in [1.807, 2.05) is 0 Å². The number of aromatic nitrogens is 2. The molecule has 4 rings (SSSR count). The molecule has 0 saturated carbocycles. The Bertz CT molecular complexity index is 900. The van der Waals surface area contributed by atoms with Crippen molar-refractivity contribution in [1.82, 2.24) is 9.78 Å². The zero-order valence-corrected chi connectivity index (χ0v) is 14.7. The van der Waals surface area contributed by atoms with Gasteiger partial charge >= 0.3 is 0 Å². The summed E-state index contributed by atoms with van der Waals surface area (Å²) in [6.45, 7) is 0. The van der Waals surface area contributed by atoms with E-state index < -0.39 is 30.7 Å². The lowest BCUT2D eigenvalue weighted by Crippen LogP contribution is -2.34. The molecule has 0 spiro atoms. The number of ether oxygens (including phenoxy) is 1. The Hall–Kier alpha value is -2.33. The summed E-state index contributed by atoms with van der Waals surface area (Å²) in [5.74, 6) is 5.63. The molecule has 1 aromatic carbocycles. The fourth-order valence-electron chi connectivity index (χ4n) is 3.35. The summed E-state index contributed by atoms with van der Waals surface area (Å²) >= 11 is 5.83. The van der Waals surface area contributed by atoms with Gasteiger partial charge in [-0.2, -0.15) is 10.2 Å². The van der Waals surface area contributed by atoms with Crippen molar-refractivity contribution < 1.29 is 19.3 Å². The second kappa shape index (κ2) is 7.01. The standard InChI is InChI=1S/C17H17ClFN5O3/c18-9-3-1-8(2-4-9)12(19)15-13(25)14(26)17(27-15)24-11-5-6-21-16(23-20)10(11)7-22-24/h1-4,6-7,12-15,17,25-26H,5,20H2/b23-16+/t12-,13+,14-,15-,17-/m1/s1. The zero-order chi connectivity index (χ0) is 19.1. The molecule has 2 aliphatic heterocycles. The number of hydrazone groups is 1. The maximum atomic E-state index is 14.9. The van der Waals surface area contributed by atoms with Crippen LogP contribution in [0.3, 0.4) is 0 Å². The largest absolute Gasteiger partial charge is 0.387 e. The van der Waals surface area contributed by atoms with Gasteiger partial charge in [0.05, 0.1) is 17.5 Å². The number of rotatable bonds is 3. The first-order valence-electron chi connectivity index (χ1n) is 8.29. The Labute approximate surface area is 158 Å². The summed E-state index contributed by atoms with van der Waals surface area (Å²) in [5, 5.41) is 29.1. The highest BCUT2D eigenvalue weighted by molar-refractivity contribution is 6.30. The number of aliphatic hydroxyl groups excluding tert-OH is 2. The van der Waals surface area contributed by atoms with Crippen LogP contribution in [-0.2, 0) is 11.2 Å². The van der Waals surface area contributed by atoms with Crippen molar-refractivity contribution in [2.75, 3.05) is 0 Å². The Balaban J connectivity index is 1.62. The number of aliphatic hydroxyl groups is 2. The van der Waals surface area contributed by atoms with Crippen molar-refractivity contribution in [3.8, 4) is 0 Å². The number of amidine groups is 1. The van der Waals surface area contributed by atoms with E-state index in [0.717, 1.165) is 0 Å². The quantitative estimate of drug-likeness (QED) is 0.533. The lowest BCUT2D eigenvalue weighted by atomic mass is 10.0. The monoisotopic (exact) mass is 393 g/mol. The molecular formula is C17H17ClFN5O3. The summed E-state index contributed by atoms with van der Waals surface area (Å²) in [4.78, 5) is 4.08. The Kier molecular flexibility index (Phi) is 4.68. The van der Waals surface area contributed by atoms with E-state index in [1.54, 1.807) is 18.3 Å². The Morgan fingerprint density at radius 2 is 2.04 bits per heavy atom. The van der Waals surface area contributed by atoms with E-state index in [4.69, 9.17) is 22.2 Å². The molecule has 1 fully saturated rings. The van der Waals surface area contributed by atoms with Crippen LogP contribution in [0.5, 0.6) is 0 Å². The number of fused-ring (bicyclic) bond motifs is 1. The number of aliphatic imine (C=N–C) groups is 1. The number of nitrogens with zero attached hydrogens (tertiary/aromatic N) is 4. The van der Waals surface area contributed by atoms with Crippen LogP contribution in [-0.4, -0.2) is 50.4 Å². The molecule has 0 unspecified atom stereocenters. The van der Waals surface area contributed by atoms with Crippen LogP contribution in [0.4, 0.5) is 4.39 Å². The van der Waals surface area contributed by atoms with Gasteiger partial charge in [-0.25, -0.2) is 14.1 Å². The van der Waals surface area contributed by atoms with Crippen LogP contribution in [0.2, 0.25) is 5.02 Å². The highest BCUT2D eigenvalue weighted by atomic mass is 35.5. The van der Waals surface area contributed by atoms with Gasteiger partial charge in [0.25, 0.3) is 0 Å². The van der Waals surface area contributed by atoms with E-state index in [0.29, 0.717) is 34.1 Å². The number of benzene rings is 1. The van der Waals surface area contributed by atoms with E-state index >= 15 is 0 Å². The van der Waals surface area contributed by atoms with Crippen molar-refractivity contribution in [2.45, 2.75) is 37.1 Å². The number of halogens is 2. The van der Waals surface area contributed by atoms with Crippen molar-refractivity contribution in [3.05, 3.63) is 52.3 Å². The van der Waals surface area contributed by atoms with E-state index in [2.05, 4.69) is 15.2 Å². The van der Waals surface area contributed by atoms with Crippen molar-refractivity contribution in [3.63, 3.8) is 0 Å².